The van der Waals surface area contributed by atoms with E-state index >= 15 is 0 Å². The van der Waals surface area contributed by atoms with Crippen molar-refractivity contribution in [1.29, 1.82) is 0 Å². The van der Waals surface area contributed by atoms with Crippen molar-refractivity contribution in [1.82, 2.24) is 20.2 Å². The normalized spacial score (nSPS) is 10.8. The summed E-state index contributed by atoms with van der Waals surface area (Å²) >= 11 is 6.03. The number of hydrogen-bond acceptors (Lipinski definition) is 5. The Morgan fingerprint density at radius 1 is 1.30 bits per heavy atom. The Labute approximate surface area is 118 Å². The summed E-state index contributed by atoms with van der Waals surface area (Å²) in [5.74, 6) is 0.514. The van der Waals surface area contributed by atoms with Crippen LogP contribution in [0.5, 0.6) is 0 Å². The lowest BCUT2D eigenvalue weighted by atomic mass is 10.3. The predicted octanol–water partition coefficient (Wildman–Crippen LogP) is 2.93. The number of fused-ring (bicyclic) bond motifs is 1. The van der Waals surface area contributed by atoms with E-state index in [1.165, 1.54) is 18.2 Å². The van der Waals surface area contributed by atoms with Gasteiger partial charge in [0.1, 0.15) is 11.6 Å². The van der Waals surface area contributed by atoms with Crippen LogP contribution in [0, 0.1) is 5.82 Å². The third-order valence-electron chi connectivity index (χ3n) is 2.71. The van der Waals surface area contributed by atoms with Crippen molar-refractivity contribution in [3.05, 3.63) is 35.2 Å². The van der Waals surface area contributed by atoms with E-state index in [4.69, 9.17) is 11.6 Å². The average Bonchev–Trinajstić information content (AvgIpc) is 2.91. The minimum Gasteiger partial charge on any atom is -0.357 e. The van der Waals surface area contributed by atoms with Gasteiger partial charge in [0, 0.05) is 7.05 Å². The van der Waals surface area contributed by atoms with E-state index in [0.717, 1.165) is 0 Å². The molecule has 2 aromatic heterocycles. The molecule has 0 aliphatic rings. The highest BCUT2D eigenvalue weighted by atomic mass is 35.5. The number of aromatic amines is 1. The van der Waals surface area contributed by atoms with Crippen LogP contribution in [-0.2, 0) is 0 Å². The van der Waals surface area contributed by atoms with Crippen molar-refractivity contribution in [2.24, 2.45) is 0 Å². The average molecular weight is 293 g/mol. The number of nitrogens with zero attached hydrogens (tertiary/aromatic N) is 3. The van der Waals surface area contributed by atoms with Crippen molar-refractivity contribution in [2.75, 3.05) is 17.7 Å². The molecule has 3 rings (SSSR count). The standard InChI is InChI=1S/C12H10ClFN6/c1-15-12-18-10(7-5-16-20-11(7)19-12)17-9-4-6(14)2-3-8(9)13/h2-5H,1H3,(H3,15,16,17,18,19,20). The minimum absolute atomic E-state index is 0.386. The van der Waals surface area contributed by atoms with Crippen molar-refractivity contribution < 1.29 is 4.39 Å². The van der Waals surface area contributed by atoms with Gasteiger partial charge in [0.2, 0.25) is 5.95 Å². The van der Waals surface area contributed by atoms with Crippen molar-refractivity contribution >= 4 is 40.1 Å². The van der Waals surface area contributed by atoms with Crippen LogP contribution in [0.3, 0.4) is 0 Å². The Morgan fingerprint density at radius 3 is 2.95 bits per heavy atom. The Morgan fingerprint density at radius 2 is 2.15 bits per heavy atom. The molecule has 0 unspecified atom stereocenters. The van der Waals surface area contributed by atoms with Crippen LogP contribution < -0.4 is 10.6 Å². The summed E-state index contributed by atoms with van der Waals surface area (Å²) in [5.41, 5.74) is 0.995. The van der Waals surface area contributed by atoms with Crippen molar-refractivity contribution in [3.8, 4) is 0 Å². The number of benzene rings is 1. The fourth-order valence-corrected chi connectivity index (χ4v) is 1.93. The third kappa shape index (κ3) is 2.23. The van der Waals surface area contributed by atoms with Gasteiger partial charge in [-0.05, 0) is 18.2 Å². The fraction of sp³-hybridized carbons (Fsp3) is 0.0833. The van der Waals surface area contributed by atoms with E-state index in [1.54, 1.807) is 13.2 Å². The van der Waals surface area contributed by atoms with E-state index < -0.39 is 0 Å². The van der Waals surface area contributed by atoms with Crippen LogP contribution >= 0.6 is 11.6 Å². The Balaban J connectivity index is 2.09. The lowest BCUT2D eigenvalue weighted by Crippen LogP contribution is -2.02. The highest BCUT2D eigenvalue weighted by molar-refractivity contribution is 6.33. The number of nitrogens with one attached hydrogen (secondary N) is 3. The second kappa shape index (κ2) is 4.93. The number of rotatable bonds is 3. The first-order valence-corrected chi connectivity index (χ1v) is 6.16. The maximum atomic E-state index is 13.3. The molecule has 6 nitrogen and oxygen atoms in total. The van der Waals surface area contributed by atoms with E-state index in [-0.39, 0.29) is 5.82 Å². The van der Waals surface area contributed by atoms with Crippen LogP contribution in [0.25, 0.3) is 11.0 Å². The number of hydrogen-bond donors (Lipinski definition) is 3. The summed E-state index contributed by atoms with van der Waals surface area (Å²) < 4.78 is 13.3. The molecule has 0 spiro atoms. The zero-order valence-corrected chi connectivity index (χ0v) is 11.2. The summed E-state index contributed by atoms with van der Waals surface area (Å²) in [5, 5.41) is 13.6. The van der Waals surface area contributed by atoms with E-state index in [0.29, 0.717) is 33.5 Å². The molecular formula is C12H10ClFN6. The second-order valence-electron chi connectivity index (χ2n) is 4.03. The van der Waals surface area contributed by atoms with Gasteiger partial charge < -0.3 is 10.6 Å². The summed E-state index contributed by atoms with van der Waals surface area (Å²) in [4.78, 5) is 8.49. The Kier molecular flexibility index (Phi) is 3.11. The monoisotopic (exact) mass is 292 g/mol. The van der Waals surface area contributed by atoms with Crippen molar-refractivity contribution in [3.63, 3.8) is 0 Å². The topological polar surface area (TPSA) is 78.5 Å². The molecule has 0 aliphatic carbocycles. The largest absolute Gasteiger partial charge is 0.357 e. The first kappa shape index (κ1) is 12.6. The van der Waals surface area contributed by atoms with Gasteiger partial charge in [-0.15, -0.1) is 0 Å². The smallest absolute Gasteiger partial charge is 0.226 e. The maximum Gasteiger partial charge on any atom is 0.226 e. The van der Waals surface area contributed by atoms with Crippen LogP contribution in [0.1, 0.15) is 0 Å². The Bertz CT molecular complexity index is 772. The molecule has 20 heavy (non-hydrogen) atoms. The number of anilines is 3. The molecule has 0 bridgehead atoms. The third-order valence-corrected chi connectivity index (χ3v) is 3.04. The summed E-state index contributed by atoms with van der Waals surface area (Å²) in [6, 6.07) is 4.07. The number of H-pyrrole nitrogens is 1. The summed E-state index contributed by atoms with van der Waals surface area (Å²) in [6.07, 6.45) is 1.59. The SMILES string of the molecule is CNc1nc(Nc2cc(F)ccc2Cl)c2cn[nH]c2n1. The van der Waals surface area contributed by atoms with Crippen LogP contribution in [0.2, 0.25) is 5.02 Å². The highest BCUT2D eigenvalue weighted by Gasteiger charge is 2.11. The van der Waals surface area contributed by atoms with Gasteiger partial charge in [-0.3, -0.25) is 5.10 Å². The molecule has 1 aromatic carbocycles. The molecule has 0 saturated carbocycles. The zero-order valence-electron chi connectivity index (χ0n) is 10.4. The molecule has 2 heterocycles. The Hall–Kier alpha value is -2.41. The first-order chi connectivity index (χ1) is 9.67. The molecule has 3 aromatic rings. The molecule has 102 valence electrons. The quantitative estimate of drug-likeness (QED) is 0.692. The first-order valence-electron chi connectivity index (χ1n) is 5.78. The van der Waals surface area contributed by atoms with Gasteiger partial charge in [0.15, 0.2) is 5.65 Å². The van der Waals surface area contributed by atoms with Gasteiger partial charge in [0.25, 0.3) is 0 Å². The van der Waals surface area contributed by atoms with Crippen molar-refractivity contribution in [2.45, 2.75) is 0 Å². The molecule has 0 aliphatic heterocycles. The summed E-state index contributed by atoms with van der Waals surface area (Å²) in [6.45, 7) is 0. The van der Waals surface area contributed by atoms with E-state index in [1.807, 2.05) is 0 Å². The lowest BCUT2D eigenvalue weighted by Gasteiger charge is -2.09. The van der Waals surface area contributed by atoms with Gasteiger partial charge in [-0.1, -0.05) is 11.6 Å². The zero-order chi connectivity index (χ0) is 14.1. The highest BCUT2D eigenvalue weighted by Crippen LogP contribution is 2.28. The number of halogens is 2. The molecule has 0 radical (unpaired) electrons. The van der Waals surface area contributed by atoms with Gasteiger partial charge >= 0.3 is 0 Å². The molecule has 3 N–H and O–H groups in total. The van der Waals surface area contributed by atoms with Gasteiger partial charge in [-0.2, -0.15) is 15.1 Å². The molecule has 8 heteroatoms. The van der Waals surface area contributed by atoms with Gasteiger partial charge in [0.05, 0.1) is 22.3 Å². The van der Waals surface area contributed by atoms with E-state index in [9.17, 15) is 4.39 Å². The molecule has 0 amide bonds. The van der Waals surface area contributed by atoms with Crippen LogP contribution in [0.4, 0.5) is 21.8 Å². The minimum atomic E-state index is -0.386. The maximum absolute atomic E-state index is 13.3. The molecular weight excluding hydrogens is 283 g/mol. The summed E-state index contributed by atoms with van der Waals surface area (Å²) in [7, 11) is 1.70. The van der Waals surface area contributed by atoms with E-state index in [2.05, 4.69) is 30.8 Å². The predicted molar refractivity (Wildman–Crippen MR) is 75.9 cm³/mol. The van der Waals surface area contributed by atoms with Gasteiger partial charge in [-0.25, -0.2) is 4.39 Å². The number of aromatic nitrogens is 4. The molecule has 0 fully saturated rings. The van der Waals surface area contributed by atoms with Crippen LogP contribution in [-0.4, -0.2) is 27.2 Å². The second-order valence-corrected chi connectivity index (χ2v) is 4.43. The molecule has 0 atom stereocenters. The van der Waals surface area contributed by atoms with Crippen LogP contribution in [0.15, 0.2) is 24.4 Å². The fourth-order valence-electron chi connectivity index (χ4n) is 1.76. The lowest BCUT2D eigenvalue weighted by molar-refractivity contribution is 0.628. The molecule has 0 saturated heterocycles.